The number of fused-ring (bicyclic) bond motifs is 1. The van der Waals surface area contributed by atoms with E-state index in [4.69, 9.17) is 9.47 Å². The zero-order chi connectivity index (χ0) is 29.2. The van der Waals surface area contributed by atoms with Gasteiger partial charge in [-0.1, -0.05) is 45.3 Å². The molecule has 0 aliphatic carbocycles. The summed E-state index contributed by atoms with van der Waals surface area (Å²) >= 11 is 2.97. The highest BCUT2D eigenvalue weighted by atomic mass is 79.9. The van der Waals surface area contributed by atoms with Crippen LogP contribution < -0.4 is 0 Å². The second kappa shape index (κ2) is 12.3. The summed E-state index contributed by atoms with van der Waals surface area (Å²) in [4.78, 5) is 8.10. The van der Waals surface area contributed by atoms with Crippen LogP contribution >= 0.6 is 15.9 Å². The standard InChI is InChI=1S/C27H35BrF3N5O2Si2/c1-39(2,3)13-11-37-16-35-10-9-32-27(35)24-19-8-7-18(21-20(29)15-33-26(28)23(21)31)22(30)25(19)36(34-24)17-38-12-14-40(4,5)6/h7-10,15H,11-14,16-17H2,1-6H3. The minimum absolute atomic E-state index is 0.0280. The molecule has 4 aromatic rings. The van der Waals surface area contributed by atoms with Crippen LogP contribution in [0.25, 0.3) is 33.5 Å². The molecule has 0 aliphatic heterocycles. The molecular weight excluding hydrogens is 619 g/mol. The third-order valence-electron chi connectivity index (χ3n) is 6.41. The Morgan fingerprint density at radius 1 is 0.875 bits per heavy atom. The predicted octanol–water partition coefficient (Wildman–Crippen LogP) is 7.77. The molecule has 3 heterocycles. The van der Waals surface area contributed by atoms with Gasteiger partial charge in [-0.3, -0.25) is 0 Å². The number of halogens is 4. The van der Waals surface area contributed by atoms with E-state index in [1.165, 1.54) is 10.7 Å². The summed E-state index contributed by atoms with van der Waals surface area (Å²) in [7, 11) is -2.60. The number of nitrogens with zero attached hydrogens (tertiary/aromatic N) is 5. The van der Waals surface area contributed by atoms with Gasteiger partial charge in [0, 0.05) is 52.7 Å². The van der Waals surface area contributed by atoms with Crippen molar-refractivity contribution in [2.45, 2.75) is 64.8 Å². The van der Waals surface area contributed by atoms with Crippen LogP contribution in [0.4, 0.5) is 13.2 Å². The molecule has 0 saturated heterocycles. The van der Waals surface area contributed by atoms with Gasteiger partial charge in [0.25, 0.3) is 0 Å². The van der Waals surface area contributed by atoms with Gasteiger partial charge >= 0.3 is 0 Å². The maximum Gasteiger partial charge on any atom is 0.166 e. The first-order valence-corrected chi connectivity index (χ1v) is 21.3. The molecule has 1 aromatic carbocycles. The minimum atomic E-state index is -1.35. The minimum Gasteiger partial charge on any atom is -0.361 e. The van der Waals surface area contributed by atoms with Crippen molar-refractivity contribution in [3.8, 4) is 22.6 Å². The average Bonchev–Trinajstić information content (AvgIpc) is 3.47. The number of rotatable bonds is 12. The first kappa shape index (κ1) is 30.6. The van der Waals surface area contributed by atoms with E-state index in [0.717, 1.165) is 18.3 Å². The van der Waals surface area contributed by atoms with Crippen molar-refractivity contribution in [3.05, 3.63) is 52.8 Å². The van der Waals surface area contributed by atoms with Gasteiger partial charge in [0.15, 0.2) is 23.3 Å². The number of imidazole rings is 1. The van der Waals surface area contributed by atoms with Crippen LogP contribution in [0, 0.1) is 17.5 Å². The summed E-state index contributed by atoms with van der Waals surface area (Å²) < 4.78 is 60.6. The van der Waals surface area contributed by atoms with Crippen LogP contribution in [0.5, 0.6) is 0 Å². The molecule has 7 nitrogen and oxygen atoms in total. The van der Waals surface area contributed by atoms with E-state index in [1.807, 2.05) is 4.57 Å². The van der Waals surface area contributed by atoms with Gasteiger partial charge in [-0.05, 0) is 34.1 Å². The number of aromatic nitrogens is 5. The second-order valence-electron chi connectivity index (χ2n) is 12.2. The van der Waals surface area contributed by atoms with Crippen molar-refractivity contribution in [1.29, 1.82) is 0 Å². The monoisotopic (exact) mass is 653 g/mol. The molecule has 0 amide bonds. The van der Waals surface area contributed by atoms with Crippen molar-refractivity contribution in [2.75, 3.05) is 13.2 Å². The number of hydrogen-bond acceptors (Lipinski definition) is 5. The summed E-state index contributed by atoms with van der Waals surface area (Å²) in [5, 5.41) is 5.12. The van der Waals surface area contributed by atoms with E-state index >= 15 is 4.39 Å². The maximum atomic E-state index is 16.2. The molecule has 0 bridgehead atoms. The zero-order valence-electron chi connectivity index (χ0n) is 23.7. The highest BCUT2D eigenvalue weighted by Crippen LogP contribution is 2.37. The first-order valence-electron chi connectivity index (χ1n) is 13.1. The Bertz CT molecular complexity index is 1500. The molecule has 40 heavy (non-hydrogen) atoms. The summed E-state index contributed by atoms with van der Waals surface area (Å²) in [5.41, 5.74) is -0.253. The quantitative estimate of drug-likeness (QED) is 0.0888. The number of ether oxygens (including phenoxy) is 2. The number of benzene rings is 1. The summed E-state index contributed by atoms with van der Waals surface area (Å²) in [6, 6.07) is 4.90. The second-order valence-corrected chi connectivity index (χ2v) is 24.2. The van der Waals surface area contributed by atoms with Crippen molar-refractivity contribution in [2.24, 2.45) is 0 Å². The van der Waals surface area contributed by atoms with E-state index in [-0.39, 0.29) is 29.1 Å². The van der Waals surface area contributed by atoms with E-state index in [9.17, 15) is 8.78 Å². The average molecular weight is 655 g/mol. The molecule has 0 fully saturated rings. The molecule has 4 rings (SSSR count). The van der Waals surface area contributed by atoms with Gasteiger partial charge in [-0.2, -0.15) is 5.10 Å². The molecule has 3 aromatic heterocycles. The van der Waals surface area contributed by atoms with Crippen LogP contribution in [0.1, 0.15) is 0 Å². The third kappa shape index (κ3) is 7.11. The van der Waals surface area contributed by atoms with Crippen molar-refractivity contribution in [1.82, 2.24) is 24.3 Å². The summed E-state index contributed by atoms with van der Waals surface area (Å²) in [5.74, 6) is -2.27. The number of hydrogen-bond donors (Lipinski definition) is 0. The zero-order valence-corrected chi connectivity index (χ0v) is 27.3. The van der Waals surface area contributed by atoms with Crippen LogP contribution in [-0.4, -0.2) is 53.7 Å². The summed E-state index contributed by atoms with van der Waals surface area (Å²) in [6.45, 7) is 14.9. The maximum absolute atomic E-state index is 16.2. The largest absolute Gasteiger partial charge is 0.361 e. The molecular formula is C27H35BrF3N5O2Si2. The van der Waals surface area contributed by atoms with Crippen LogP contribution in [0.3, 0.4) is 0 Å². The Morgan fingerprint density at radius 2 is 1.52 bits per heavy atom. The predicted molar refractivity (Wildman–Crippen MR) is 160 cm³/mol. The Hall–Kier alpha value is -2.33. The van der Waals surface area contributed by atoms with Gasteiger partial charge in [0.05, 0.1) is 11.8 Å². The van der Waals surface area contributed by atoms with E-state index in [1.54, 1.807) is 18.5 Å². The fraction of sp³-hybridized carbons (Fsp3) is 0.444. The molecule has 0 saturated carbocycles. The number of pyridine rings is 1. The van der Waals surface area contributed by atoms with Crippen LogP contribution in [0.15, 0.2) is 35.3 Å². The molecule has 0 N–H and O–H groups in total. The lowest BCUT2D eigenvalue weighted by Crippen LogP contribution is -2.22. The summed E-state index contributed by atoms with van der Waals surface area (Å²) in [6.07, 6.45) is 4.27. The van der Waals surface area contributed by atoms with Gasteiger partial charge in [0.1, 0.15) is 29.3 Å². The van der Waals surface area contributed by atoms with Gasteiger partial charge < -0.3 is 14.0 Å². The van der Waals surface area contributed by atoms with Crippen LogP contribution in [0.2, 0.25) is 51.4 Å². The van der Waals surface area contributed by atoms with E-state index in [2.05, 4.69) is 70.3 Å². The SMILES string of the molecule is C[Si](C)(C)CCOCn1ccnc1-c1nn(COCC[Si](C)(C)C)c2c(F)c(-c3c(F)cnc(Br)c3F)ccc12. The van der Waals surface area contributed by atoms with Crippen molar-refractivity contribution in [3.63, 3.8) is 0 Å². The third-order valence-corrected chi connectivity index (χ3v) is 10.4. The van der Waals surface area contributed by atoms with Crippen molar-refractivity contribution >= 4 is 43.0 Å². The normalized spacial score (nSPS) is 12.6. The molecule has 13 heteroatoms. The van der Waals surface area contributed by atoms with Gasteiger partial charge in [-0.25, -0.2) is 27.8 Å². The molecule has 216 valence electrons. The Morgan fingerprint density at radius 3 is 2.17 bits per heavy atom. The lowest BCUT2D eigenvalue weighted by Gasteiger charge is -2.16. The van der Waals surface area contributed by atoms with Crippen molar-refractivity contribution < 1.29 is 22.6 Å². The molecule has 0 atom stereocenters. The van der Waals surface area contributed by atoms with Crippen LogP contribution in [-0.2, 0) is 22.9 Å². The van der Waals surface area contributed by atoms with E-state index < -0.39 is 39.2 Å². The lowest BCUT2D eigenvalue weighted by molar-refractivity contribution is 0.0812. The first-order chi connectivity index (χ1) is 18.8. The lowest BCUT2D eigenvalue weighted by atomic mass is 10.0. The molecule has 0 spiro atoms. The van der Waals surface area contributed by atoms with Gasteiger partial charge in [0.2, 0.25) is 0 Å². The highest BCUT2D eigenvalue weighted by Gasteiger charge is 2.25. The van der Waals surface area contributed by atoms with Gasteiger partial charge in [-0.15, -0.1) is 0 Å². The topological polar surface area (TPSA) is 67.0 Å². The van der Waals surface area contributed by atoms with E-state index in [0.29, 0.717) is 30.1 Å². The molecule has 0 unspecified atom stereocenters. The smallest absolute Gasteiger partial charge is 0.166 e. The fourth-order valence-electron chi connectivity index (χ4n) is 4.07. The molecule has 0 radical (unpaired) electrons. The fourth-order valence-corrected chi connectivity index (χ4v) is 5.89. The highest BCUT2D eigenvalue weighted by molar-refractivity contribution is 9.10. The Kier molecular flexibility index (Phi) is 9.40. The Labute approximate surface area is 242 Å². The molecule has 0 aliphatic rings. The Balaban J connectivity index is 1.76.